The van der Waals surface area contributed by atoms with Gasteiger partial charge in [-0.1, -0.05) is 231 Å². The molecular formula is C50H97N3O8. The zero-order chi connectivity index (χ0) is 44.2. The molecule has 360 valence electrons. The second kappa shape index (κ2) is 38.1. The molecule has 1 aromatic heterocycles. The summed E-state index contributed by atoms with van der Waals surface area (Å²) in [4.78, 5) is 0. The van der Waals surface area contributed by atoms with Gasteiger partial charge in [-0.05, 0) is 19.3 Å². The molecule has 0 unspecified atom stereocenters. The van der Waals surface area contributed by atoms with Gasteiger partial charge in [0.05, 0.1) is 25.0 Å². The van der Waals surface area contributed by atoms with Gasteiger partial charge in [-0.3, -0.25) is 0 Å². The molecule has 1 aromatic rings. The predicted molar refractivity (Wildman–Crippen MR) is 247 cm³/mol. The summed E-state index contributed by atoms with van der Waals surface area (Å²) in [5.41, 5.74) is 0.800. The molecule has 1 aliphatic rings. The summed E-state index contributed by atoms with van der Waals surface area (Å²) in [6.45, 7) is 3.76. The Morgan fingerprint density at radius 2 is 0.951 bits per heavy atom. The first kappa shape index (κ1) is 56.0. The van der Waals surface area contributed by atoms with Crippen LogP contribution in [0.25, 0.3) is 0 Å². The van der Waals surface area contributed by atoms with Crippen LogP contribution in [0.1, 0.15) is 250 Å². The minimum Gasteiger partial charge on any atom is -0.394 e. The molecule has 6 N–H and O–H groups in total. The van der Waals surface area contributed by atoms with Crippen molar-refractivity contribution in [3.63, 3.8) is 0 Å². The lowest BCUT2D eigenvalue weighted by Gasteiger charge is -2.40. The van der Waals surface area contributed by atoms with Gasteiger partial charge in [0, 0.05) is 6.20 Å². The second-order valence-electron chi connectivity index (χ2n) is 18.7. The zero-order valence-electron chi connectivity index (χ0n) is 39.4. The van der Waals surface area contributed by atoms with Crippen molar-refractivity contribution in [1.29, 1.82) is 0 Å². The van der Waals surface area contributed by atoms with Gasteiger partial charge in [0.15, 0.2) is 6.29 Å². The lowest BCUT2D eigenvalue weighted by molar-refractivity contribution is -0.304. The van der Waals surface area contributed by atoms with Gasteiger partial charge in [-0.25, -0.2) is 4.68 Å². The van der Waals surface area contributed by atoms with Crippen LogP contribution in [0.2, 0.25) is 0 Å². The molecule has 0 radical (unpaired) electrons. The maximum Gasteiger partial charge on any atom is 0.186 e. The number of rotatable bonds is 43. The zero-order valence-corrected chi connectivity index (χ0v) is 39.4. The van der Waals surface area contributed by atoms with Crippen LogP contribution in [-0.2, 0) is 15.9 Å². The lowest BCUT2D eigenvalue weighted by Crippen LogP contribution is -2.59. The molecule has 0 aliphatic carbocycles. The highest BCUT2D eigenvalue weighted by Crippen LogP contribution is 2.26. The molecule has 8 atom stereocenters. The molecule has 0 aromatic carbocycles. The molecule has 0 saturated carbocycles. The minimum absolute atomic E-state index is 0.207. The quantitative estimate of drug-likeness (QED) is 0.0347. The van der Waals surface area contributed by atoms with E-state index in [0.29, 0.717) is 6.42 Å². The maximum absolute atomic E-state index is 11.4. The third kappa shape index (κ3) is 26.4. The van der Waals surface area contributed by atoms with Crippen molar-refractivity contribution in [2.24, 2.45) is 0 Å². The Morgan fingerprint density at radius 3 is 1.36 bits per heavy atom. The topological polar surface area (TPSA) is 171 Å². The van der Waals surface area contributed by atoms with Gasteiger partial charge in [-0.15, -0.1) is 5.10 Å². The van der Waals surface area contributed by atoms with Crippen molar-refractivity contribution < 1.29 is 40.1 Å². The van der Waals surface area contributed by atoms with E-state index in [9.17, 15) is 30.6 Å². The lowest BCUT2D eigenvalue weighted by atomic mass is 9.98. The number of hydrogen-bond donors (Lipinski definition) is 6. The molecule has 2 rings (SSSR count). The van der Waals surface area contributed by atoms with Crippen molar-refractivity contribution in [3.8, 4) is 0 Å². The van der Waals surface area contributed by atoms with Gasteiger partial charge >= 0.3 is 0 Å². The van der Waals surface area contributed by atoms with Crippen LogP contribution in [0.5, 0.6) is 0 Å². The normalized spacial score (nSPS) is 21.0. The van der Waals surface area contributed by atoms with Crippen LogP contribution < -0.4 is 0 Å². The molecule has 0 spiro atoms. The number of ether oxygens (including phenoxy) is 2. The van der Waals surface area contributed by atoms with Gasteiger partial charge in [0.1, 0.15) is 36.6 Å². The van der Waals surface area contributed by atoms with Gasteiger partial charge < -0.3 is 40.1 Å². The van der Waals surface area contributed by atoms with Crippen molar-refractivity contribution in [1.82, 2.24) is 15.0 Å². The summed E-state index contributed by atoms with van der Waals surface area (Å²) < 4.78 is 12.9. The first-order valence-electron chi connectivity index (χ1n) is 26.0. The highest BCUT2D eigenvalue weighted by Gasteiger charge is 2.44. The Kier molecular flexibility index (Phi) is 35.0. The molecule has 0 amide bonds. The van der Waals surface area contributed by atoms with E-state index in [1.165, 1.54) is 191 Å². The number of aryl methyl sites for hydroxylation is 1. The van der Waals surface area contributed by atoms with E-state index in [2.05, 4.69) is 24.2 Å². The smallest absolute Gasteiger partial charge is 0.186 e. The standard InChI is InChI=1S/C50H97N3O8/c1-3-5-7-9-11-13-15-17-18-19-20-21-22-23-24-25-26-27-29-31-33-35-37-42-39-53(52-51-42)43(41-60-50-49(59)48(58)47(57)45(40-54)61-50)46(56)44(55)38-36-34-32-30-28-16-14-12-10-8-6-4-2/h39,43-50,54-59H,3-38,40-41H2,1-2H3/t43-,44+,45+,46-,47-,48-,49+,50+/m0/s1. The maximum atomic E-state index is 11.4. The summed E-state index contributed by atoms with van der Waals surface area (Å²) in [6, 6.07) is -0.842. The molecule has 2 heterocycles. The Morgan fingerprint density at radius 1 is 0.557 bits per heavy atom. The van der Waals surface area contributed by atoms with E-state index in [0.717, 1.165) is 44.2 Å². The third-order valence-electron chi connectivity index (χ3n) is 13.1. The number of nitrogens with zero attached hydrogens (tertiary/aromatic N) is 3. The number of aromatic nitrogens is 3. The number of aliphatic hydroxyl groups excluding tert-OH is 6. The van der Waals surface area contributed by atoms with Crippen molar-refractivity contribution >= 4 is 0 Å². The fourth-order valence-electron chi connectivity index (χ4n) is 8.86. The molecule has 0 bridgehead atoms. The molecule has 1 fully saturated rings. The molecule has 11 heteroatoms. The van der Waals surface area contributed by atoms with Crippen LogP contribution >= 0.6 is 0 Å². The van der Waals surface area contributed by atoms with E-state index in [1.54, 1.807) is 6.20 Å². The minimum atomic E-state index is -1.58. The fraction of sp³-hybridized carbons (Fsp3) is 0.960. The molecule has 1 saturated heterocycles. The molecule has 61 heavy (non-hydrogen) atoms. The van der Waals surface area contributed by atoms with Crippen LogP contribution in [0, 0.1) is 0 Å². The summed E-state index contributed by atoms with van der Waals surface area (Å²) in [7, 11) is 0. The Labute approximate surface area is 373 Å². The van der Waals surface area contributed by atoms with Gasteiger partial charge in [-0.2, -0.15) is 0 Å². The number of aliphatic hydroxyl groups is 6. The van der Waals surface area contributed by atoms with Crippen LogP contribution in [-0.4, -0.2) is 102 Å². The Balaban J connectivity index is 1.66. The summed E-state index contributed by atoms with van der Waals surface area (Å²) >= 11 is 0. The second-order valence-corrected chi connectivity index (χ2v) is 18.7. The molecule has 11 nitrogen and oxygen atoms in total. The third-order valence-corrected chi connectivity index (χ3v) is 13.1. The number of unbranched alkanes of at least 4 members (excludes halogenated alkanes) is 32. The number of hydrogen-bond acceptors (Lipinski definition) is 10. The van der Waals surface area contributed by atoms with Crippen LogP contribution in [0.4, 0.5) is 0 Å². The van der Waals surface area contributed by atoms with Gasteiger partial charge in [0.2, 0.25) is 0 Å². The van der Waals surface area contributed by atoms with Crippen LogP contribution in [0.3, 0.4) is 0 Å². The van der Waals surface area contributed by atoms with E-state index in [4.69, 9.17) is 9.47 Å². The fourth-order valence-corrected chi connectivity index (χ4v) is 8.86. The van der Waals surface area contributed by atoms with E-state index in [-0.39, 0.29) is 6.61 Å². The average molecular weight is 868 g/mol. The highest BCUT2D eigenvalue weighted by atomic mass is 16.7. The molecular weight excluding hydrogens is 771 g/mol. The largest absolute Gasteiger partial charge is 0.394 e. The van der Waals surface area contributed by atoms with Crippen molar-refractivity contribution in [2.75, 3.05) is 13.2 Å². The highest BCUT2D eigenvalue weighted by molar-refractivity contribution is 4.96. The monoisotopic (exact) mass is 868 g/mol. The first-order chi connectivity index (χ1) is 29.8. The van der Waals surface area contributed by atoms with E-state index >= 15 is 0 Å². The average Bonchev–Trinajstić information content (AvgIpc) is 3.74. The predicted octanol–water partition coefficient (Wildman–Crippen LogP) is 10.6. The Bertz CT molecular complexity index is 1100. The van der Waals surface area contributed by atoms with Crippen molar-refractivity contribution in [3.05, 3.63) is 11.9 Å². The van der Waals surface area contributed by atoms with Gasteiger partial charge in [0.25, 0.3) is 0 Å². The van der Waals surface area contributed by atoms with E-state index in [1.807, 2.05) is 0 Å². The molecule has 1 aliphatic heterocycles. The van der Waals surface area contributed by atoms with Crippen LogP contribution in [0.15, 0.2) is 6.20 Å². The SMILES string of the molecule is CCCCCCCCCCCCCCCCCCCCCCCCc1cn([C@@H](CO[C@@H]2O[C@H](CO)[C@H](O)[C@H](O)[C@H]2O)[C@H](O)[C@H](O)CCCCCCCCCCCCCC)nn1. The van der Waals surface area contributed by atoms with Crippen molar-refractivity contribution in [2.45, 2.75) is 294 Å². The summed E-state index contributed by atoms with van der Waals surface area (Å²) in [6.07, 6.45) is 37.9. The van der Waals surface area contributed by atoms with E-state index < -0.39 is 55.6 Å². The Hall–Kier alpha value is -1.18. The summed E-state index contributed by atoms with van der Waals surface area (Å²) in [5, 5.41) is 71.8. The summed E-state index contributed by atoms with van der Waals surface area (Å²) in [5.74, 6) is 0. The first-order valence-corrected chi connectivity index (χ1v) is 26.0.